The van der Waals surface area contributed by atoms with E-state index in [-0.39, 0.29) is 0 Å². The highest BCUT2D eigenvalue weighted by Gasteiger charge is 2.29. The zero-order valence-corrected chi connectivity index (χ0v) is 11.5. The van der Waals surface area contributed by atoms with Gasteiger partial charge < -0.3 is 15.9 Å². The second-order valence-electron chi connectivity index (χ2n) is 5.80. The summed E-state index contributed by atoms with van der Waals surface area (Å²) in [5.74, 6) is 0. The Morgan fingerprint density at radius 1 is 1.37 bits per heavy atom. The number of nitrogens with two attached hydrogens (primary N) is 1. The number of aliphatic hydroxyl groups excluding tert-OH is 1. The smallest absolute Gasteiger partial charge is 0.0916 e. The summed E-state index contributed by atoms with van der Waals surface area (Å²) in [6.07, 6.45) is 1.30. The van der Waals surface area contributed by atoms with Crippen molar-refractivity contribution in [1.82, 2.24) is 4.90 Å². The molecule has 0 radical (unpaired) electrons. The molecule has 106 valence electrons. The second-order valence-corrected chi connectivity index (χ2v) is 5.80. The van der Waals surface area contributed by atoms with Crippen LogP contribution in [-0.4, -0.2) is 40.3 Å². The summed E-state index contributed by atoms with van der Waals surface area (Å²) in [6.45, 7) is 4.52. The standard InChI is InChI=1S/C15H24N2O2/c1-15(19)7-2-8-17(11-15)10-14(18)13-5-3-12(9-16)4-6-13/h3-6,14,18-19H,2,7-11,16H2,1H3. The Morgan fingerprint density at radius 3 is 2.63 bits per heavy atom. The maximum absolute atomic E-state index is 10.3. The minimum Gasteiger partial charge on any atom is -0.389 e. The van der Waals surface area contributed by atoms with E-state index in [4.69, 9.17) is 5.73 Å². The van der Waals surface area contributed by atoms with E-state index in [2.05, 4.69) is 4.90 Å². The van der Waals surface area contributed by atoms with Crippen LogP contribution < -0.4 is 5.73 Å². The van der Waals surface area contributed by atoms with Gasteiger partial charge in [0.05, 0.1) is 11.7 Å². The molecule has 1 saturated heterocycles. The number of piperidine rings is 1. The third-order valence-electron chi connectivity index (χ3n) is 3.79. The molecule has 2 rings (SSSR count). The monoisotopic (exact) mass is 264 g/mol. The van der Waals surface area contributed by atoms with Crippen molar-refractivity contribution in [1.29, 1.82) is 0 Å². The first-order valence-corrected chi connectivity index (χ1v) is 6.92. The Morgan fingerprint density at radius 2 is 2.05 bits per heavy atom. The Hall–Kier alpha value is -0.940. The molecule has 1 heterocycles. The van der Waals surface area contributed by atoms with Crippen LogP contribution in [0.2, 0.25) is 0 Å². The predicted octanol–water partition coefficient (Wildman–Crippen LogP) is 1.03. The fourth-order valence-corrected chi connectivity index (χ4v) is 2.71. The van der Waals surface area contributed by atoms with Crippen molar-refractivity contribution in [2.75, 3.05) is 19.6 Å². The number of nitrogens with zero attached hydrogens (tertiary/aromatic N) is 1. The molecule has 1 aliphatic heterocycles. The van der Waals surface area contributed by atoms with Gasteiger partial charge >= 0.3 is 0 Å². The summed E-state index contributed by atoms with van der Waals surface area (Å²) in [6, 6.07) is 7.75. The van der Waals surface area contributed by atoms with E-state index in [0.717, 1.165) is 30.5 Å². The van der Waals surface area contributed by atoms with Crippen LogP contribution in [-0.2, 0) is 6.54 Å². The van der Waals surface area contributed by atoms with Crippen molar-refractivity contribution in [3.05, 3.63) is 35.4 Å². The van der Waals surface area contributed by atoms with Gasteiger partial charge in [0.15, 0.2) is 0 Å². The topological polar surface area (TPSA) is 69.7 Å². The molecule has 1 aromatic carbocycles. The highest BCUT2D eigenvalue weighted by Crippen LogP contribution is 2.23. The van der Waals surface area contributed by atoms with Crippen molar-refractivity contribution >= 4 is 0 Å². The first-order valence-electron chi connectivity index (χ1n) is 6.92. The molecule has 1 aromatic rings. The molecule has 0 saturated carbocycles. The van der Waals surface area contributed by atoms with Crippen LogP contribution in [0.25, 0.3) is 0 Å². The summed E-state index contributed by atoms with van der Waals surface area (Å²) < 4.78 is 0. The number of β-amino-alcohol motifs (C(OH)–C–C–N with tert-alkyl or cyclic N) is 2. The van der Waals surface area contributed by atoms with E-state index in [9.17, 15) is 10.2 Å². The molecule has 4 heteroatoms. The van der Waals surface area contributed by atoms with Crippen LogP contribution in [0.5, 0.6) is 0 Å². The average Bonchev–Trinajstić information content (AvgIpc) is 2.37. The van der Waals surface area contributed by atoms with Crippen LogP contribution in [0.1, 0.15) is 37.0 Å². The van der Waals surface area contributed by atoms with Crippen LogP contribution in [0.3, 0.4) is 0 Å². The molecule has 1 aliphatic rings. The quantitative estimate of drug-likeness (QED) is 0.759. The number of benzene rings is 1. The maximum Gasteiger partial charge on any atom is 0.0916 e. The van der Waals surface area contributed by atoms with Gasteiger partial charge in [0.2, 0.25) is 0 Å². The summed E-state index contributed by atoms with van der Waals surface area (Å²) in [7, 11) is 0. The molecule has 2 unspecified atom stereocenters. The largest absolute Gasteiger partial charge is 0.389 e. The van der Waals surface area contributed by atoms with Crippen LogP contribution in [0, 0.1) is 0 Å². The Kier molecular flexibility index (Phi) is 4.58. The first-order chi connectivity index (χ1) is 9.00. The van der Waals surface area contributed by atoms with Gasteiger partial charge in [-0.25, -0.2) is 0 Å². The number of hydrogen-bond donors (Lipinski definition) is 3. The molecule has 0 spiro atoms. The van der Waals surface area contributed by atoms with Crippen molar-refractivity contribution in [2.45, 2.75) is 38.0 Å². The van der Waals surface area contributed by atoms with Crippen molar-refractivity contribution in [3.63, 3.8) is 0 Å². The molecule has 19 heavy (non-hydrogen) atoms. The Labute approximate surface area is 114 Å². The molecular weight excluding hydrogens is 240 g/mol. The molecule has 0 amide bonds. The van der Waals surface area contributed by atoms with Gasteiger partial charge in [-0.3, -0.25) is 4.90 Å². The van der Waals surface area contributed by atoms with Gasteiger partial charge in [0.25, 0.3) is 0 Å². The van der Waals surface area contributed by atoms with Gasteiger partial charge in [-0.2, -0.15) is 0 Å². The Bertz CT molecular complexity index is 403. The fourth-order valence-electron chi connectivity index (χ4n) is 2.71. The van der Waals surface area contributed by atoms with Gasteiger partial charge in [-0.15, -0.1) is 0 Å². The molecular formula is C15H24N2O2. The zero-order valence-electron chi connectivity index (χ0n) is 11.5. The normalized spacial score (nSPS) is 26.3. The third kappa shape index (κ3) is 4.01. The van der Waals surface area contributed by atoms with Gasteiger partial charge in [0, 0.05) is 19.6 Å². The first kappa shape index (κ1) is 14.5. The highest BCUT2D eigenvalue weighted by molar-refractivity contribution is 5.24. The lowest BCUT2D eigenvalue weighted by atomic mass is 9.94. The van der Waals surface area contributed by atoms with E-state index in [1.807, 2.05) is 31.2 Å². The molecule has 0 aliphatic carbocycles. The van der Waals surface area contributed by atoms with E-state index >= 15 is 0 Å². The summed E-state index contributed by atoms with van der Waals surface area (Å²) >= 11 is 0. The lowest BCUT2D eigenvalue weighted by Gasteiger charge is -2.37. The lowest BCUT2D eigenvalue weighted by molar-refractivity contribution is -0.0281. The van der Waals surface area contributed by atoms with Crippen LogP contribution in [0.4, 0.5) is 0 Å². The van der Waals surface area contributed by atoms with Crippen molar-refractivity contribution in [3.8, 4) is 0 Å². The van der Waals surface area contributed by atoms with E-state index in [1.165, 1.54) is 0 Å². The SMILES string of the molecule is CC1(O)CCCN(CC(O)c2ccc(CN)cc2)C1. The molecule has 0 aromatic heterocycles. The van der Waals surface area contributed by atoms with Gasteiger partial charge in [-0.1, -0.05) is 24.3 Å². The van der Waals surface area contributed by atoms with Gasteiger partial charge in [-0.05, 0) is 37.4 Å². The number of likely N-dealkylation sites (tertiary alicyclic amines) is 1. The minimum absolute atomic E-state index is 0.513. The molecule has 4 N–H and O–H groups in total. The third-order valence-corrected chi connectivity index (χ3v) is 3.79. The Balaban J connectivity index is 1.94. The van der Waals surface area contributed by atoms with Crippen molar-refractivity contribution < 1.29 is 10.2 Å². The van der Waals surface area contributed by atoms with Crippen molar-refractivity contribution in [2.24, 2.45) is 5.73 Å². The summed E-state index contributed by atoms with van der Waals surface area (Å²) in [4.78, 5) is 2.13. The summed E-state index contributed by atoms with van der Waals surface area (Å²) in [5, 5.41) is 20.3. The van der Waals surface area contributed by atoms with E-state index in [1.54, 1.807) is 0 Å². The van der Waals surface area contributed by atoms with E-state index in [0.29, 0.717) is 19.6 Å². The average molecular weight is 264 g/mol. The lowest BCUT2D eigenvalue weighted by Crippen LogP contribution is -2.47. The molecule has 0 bridgehead atoms. The predicted molar refractivity (Wildman–Crippen MR) is 75.6 cm³/mol. The fraction of sp³-hybridized carbons (Fsp3) is 0.600. The number of hydrogen-bond acceptors (Lipinski definition) is 4. The number of aliphatic hydroxyl groups is 2. The van der Waals surface area contributed by atoms with Crippen LogP contribution >= 0.6 is 0 Å². The van der Waals surface area contributed by atoms with Gasteiger partial charge in [0.1, 0.15) is 0 Å². The van der Waals surface area contributed by atoms with Crippen LogP contribution in [0.15, 0.2) is 24.3 Å². The molecule has 2 atom stereocenters. The second kappa shape index (κ2) is 6.01. The highest BCUT2D eigenvalue weighted by atomic mass is 16.3. The van der Waals surface area contributed by atoms with E-state index < -0.39 is 11.7 Å². The molecule has 4 nitrogen and oxygen atoms in total. The minimum atomic E-state index is -0.624. The maximum atomic E-state index is 10.3. The molecule has 1 fully saturated rings. The number of rotatable bonds is 4. The summed E-state index contributed by atoms with van der Waals surface area (Å²) in [5.41, 5.74) is 6.90. The zero-order chi connectivity index (χ0) is 13.9.